The molecule has 0 radical (unpaired) electrons. The summed E-state index contributed by atoms with van der Waals surface area (Å²) >= 11 is 0. The third-order valence-corrected chi connectivity index (χ3v) is 13.6. The molecule has 0 bridgehead atoms. The van der Waals surface area contributed by atoms with Crippen LogP contribution in [0.2, 0.25) is 0 Å². The highest BCUT2D eigenvalue weighted by Crippen LogP contribution is 2.45. The van der Waals surface area contributed by atoms with Gasteiger partial charge in [-0.2, -0.15) is 4.31 Å². The summed E-state index contributed by atoms with van der Waals surface area (Å²) in [5, 5.41) is 9.11. The Kier molecular flexibility index (Phi) is 11.9. The minimum atomic E-state index is -3.43. The van der Waals surface area contributed by atoms with Crippen molar-refractivity contribution in [3.63, 3.8) is 0 Å². The normalized spacial score (nSPS) is 32.8. The molecule has 7 N–H and O–H groups in total. The van der Waals surface area contributed by atoms with E-state index >= 15 is 4.39 Å². The van der Waals surface area contributed by atoms with Gasteiger partial charge in [0.05, 0.1) is 29.4 Å². The van der Waals surface area contributed by atoms with Crippen LogP contribution in [0.1, 0.15) is 64.2 Å². The summed E-state index contributed by atoms with van der Waals surface area (Å²) in [7, 11) is -1.42. The van der Waals surface area contributed by atoms with Gasteiger partial charge in [-0.15, -0.1) is 0 Å². The average molecular weight is 659 g/mol. The zero-order valence-corrected chi connectivity index (χ0v) is 27.8. The van der Waals surface area contributed by atoms with Gasteiger partial charge in [0.2, 0.25) is 15.9 Å². The molecule has 1 aliphatic carbocycles. The minimum Gasteiger partial charge on any atom is -0.350 e. The number of carbonyl (C=O) groups is 1. The van der Waals surface area contributed by atoms with Crippen LogP contribution in [0.5, 0.6) is 0 Å². The van der Waals surface area contributed by atoms with Crippen molar-refractivity contribution in [3.05, 3.63) is 11.9 Å². The van der Waals surface area contributed by atoms with Gasteiger partial charge in [-0.1, -0.05) is 25.3 Å². The standard InChI is InChI=1S/C31H56F2N8O3S/c1-39-12-7-23(8-13-39)45(43,44)41-16-14-40(15-17-41)28-24(33)20-36-21-26(28)38-30(42)27(29(34)35)25-18-31(9-3-2-4-10-31)11-5-6-22(32)19-37-25/h6,23-29,36-37H,2-5,7-21,34-35H2,1H3,(H,38,42). The predicted molar refractivity (Wildman–Crippen MR) is 172 cm³/mol. The predicted octanol–water partition coefficient (Wildman–Crippen LogP) is 0.628. The topological polar surface area (TPSA) is 149 Å². The number of hydrogen-bond donors (Lipinski definition) is 5. The van der Waals surface area contributed by atoms with Gasteiger partial charge in [-0.05, 0) is 70.5 Å². The molecule has 1 spiro atoms. The molecule has 3 saturated heterocycles. The lowest BCUT2D eigenvalue weighted by molar-refractivity contribution is -0.129. The third kappa shape index (κ3) is 8.43. The number of carbonyl (C=O) groups excluding carboxylic acids is 1. The highest BCUT2D eigenvalue weighted by Gasteiger charge is 2.45. The van der Waals surface area contributed by atoms with Crippen molar-refractivity contribution in [2.45, 2.75) is 99.9 Å². The number of hydrogen-bond acceptors (Lipinski definition) is 9. The average Bonchev–Trinajstić information content (AvgIpc) is 3.07. The molecule has 5 rings (SSSR count). The van der Waals surface area contributed by atoms with Crippen molar-refractivity contribution in [3.8, 4) is 0 Å². The van der Waals surface area contributed by atoms with Crippen LogP contribution in [-0.2, 0) is 14.8 Å². The molecule has 0 aromatic rings. The van der Waals surface area contributed by atoms with Crippen LogP contribution < -0.4 is 27.4 Å². The molecule has 1 amide bonds. The molecule has 5 aliphatic rings. The van der Waals surface area contributed by atoms with Crippen molar-refractivity contribution in [1.29, 1.82) is 0 Å². The number of alkyl halides is 1. The van der Waals surface area contributed by atoms with E-state index in [1.165, 1.54) is 6.42 Å². The fourth-order valence-electron chi connectivity index (χ4n) is 8.63. The maximum atomic E-state index is 15.6. The molecule has 14 heteroatoms. The van der Waals surface area contributed by atoms with E-state index in [-0.39, 0.29) is 35.5 Å². The van der Waals surface area contributed by atoms with Crippen molar-refractivity contribution in [2.24, 2.45) is 22.8 Å². The van der Waals surface area contributed by atoms with E-state index in [9.17, 15) is 17.6 Å². The first-order valence-electron chi connectivity index (χ1n) is 17.1. The Labute approximate surface area is 268 Å². The van der Waals surface area contributed by atoms with Crippen molar-refractivity contribution >= 4 is 15.9 Å². The second-order valence-corrected chi connectivity index (χ2v) is 16.5. The van der Waals surface area contributed by atoms with Gasteiger partial charge in [0.15, 0.2) is 0 Å². The number of sulfonamides is 1. The first kappa shape index (κ1) is 35.1. The molecule has 5 atom stereocenters. The molecule has 4 fully saturated rings. The molecular formula is C31H56F2N8O3S. The Morgan fingerprint density at radius 2 is 1.73 bits per heavy atom. The molecule has 11 nitrogen and oxygen atoms in total. The minimum absolute atomic E-state index is 0.00300. The Morgan fingerprint density at radius 3 is 2.40 bits per heavy atom. The second-order valence-electron chi connectivity index (χ2n) is 14.3. The lowest BCUT2D eigenvalue weighted by Gasteiger charge is -2.46. The van der Waals surface area contributed by atoms with Crippen LogP contribution in [-0.4, -0.2) is 130 Å². The number of piperidine rings is 2. The molecule has 4 heterocycles. The van der Waals surface area contributed by atoms with Crippen molar-refractivity contribution in [1.82, 2.24) is 30.1 Å². The molecular weight excluding hydrogens is 602 g/mol. The fourth-order valence-corrected chi connectivity index (χ4v) is 10.5. The van der Waals surface area contributed by atoms with Crippen molar-refractivity contribution < 1.29 is 22.0 Å². The summed E-state index contributed by atoms with van der Waals surface area (Å²) in [6.45, 7) is 3.46. The summed E-state index contributed by atoms with van der Waals surface area (Å²) < 4.78 is 58.6. The summed E-state index contributed by atoms with van der Waals surface area (Å²) in [6, 6.07) is -1.60. The number of nitrogens with two attached hydrogens (primary N) is 2. The first-order chi connectivity index (χ1) is 21.5. The van der Waals surface area contributed by atoms with E-state index in [2.05, 4.69) is 20.9 Å². The number of rotatable bonds is 7. The quantitative estimate of drug-likeness (QED) is 0.249. The lowest BCUT2D eigenvalue weighted by atomic mass is 9.66. The van der Waals surface area contributed by atoms with E-state index in [0.717, 1.165) is 45.2 Å². The van der Waals surface area contributed by atoms with Crippen LogP contribution in [0.3, 0.4) is 0 Å². The number of likely N-dealkylation sites (tertiary alicyclic amines) is 1. The molecule has 0 aromatic carbocycles. The monoisotopic (exact) mass is 658 g/mol. The van der Waals surface area contributed by atoms with Gasteiger partial charge < -0.3 is 32.3 Å². The van der Waals surface area contributed by atoms with Gasteiger partial charge in [-0.3, -0.25) is 9.69 Å². The number of allylic oxidation sites excluding steroid dienone is 1. The maximum absolute atomic E-state index is 15.6. The van der Waals surface area contributed by atoms with Gasteiger partial charge in [0, 0.05) is 51.9 Å². The summed E-state index contributed by atoms with van der Waals surface area (Å²) in [6.07, 6.45) is 8.37. The highest BCUT2D eigenvalue weighted by atomic mass is 32.2. The molecule has 1 saturated carbocycles. The van der Waals surface area contributed by atoms with Gasteiger partial charge in [0.1, 0.15) is 12.0 Å². The summed E-state index contributed by atoms with van der Waals surface area (Å²) in [4.78, 5) is 18.2. The number of nitrogens with zero attached hydrogens (tertiary/aromatic N) is 3. The van der Waals surface area contributed by atoms with Gasteiger partial charge in [-0.25, -0.2) is 17.2 Å². The Hall–Kier alpha value is -1.26. The highest BCUT2D eigenvalue weighted by molar-refractivity contribution is 7.89. The molecule has 0 aromatic heterocycles. The molecule has 45 heavy (non-hydrogen) atoms. The Morgan fingerprint density at radius 1 is 1.04 bits per heavy atom. The van der Waals surface area contributed by atoms with Crippen LogP contribution in [0.4, 0.5) is 8.78 Å². The summed E-state index contributed by atoms with van der Waals surface area (Å²) in [5.41, 5.74) is 12.6. The van der Waals surface area contributed by atoms with Crippen LogP contribution >= 0.6 is 0 Å². The summed E-state index contributed by atoms with van der Waals surface area (Å²) in [5.74, 6) is -1.43. The third-order valence-electron chi connectivity index (χ3n) is 11.2. The van der Waals surface area contributed by atoms with Crippen LogP contribution in [0, 0.1) is 11.3 Å². The number of nitrogens with one attached hydrogen (secondary N) is 3. The van der Waals surface area contributed by atoms with E-state index in [0.29, 0.717) is 58.4 Å². The number of piperazine rings is 1. The van der Waals surface area contributed by atoms with E-state index in [4.69, 9.17) is 11.5 Å². The van der Waals surface area contributed by atoms with Gasteiger partial charge >= 0.3 is 0 Å². The van der Waals surface area contributed by atoms with E-state index in [1.807, 2.05) is 11.9 Å². The van der Waals surface area contributed by atoms with E-state index < -0.39 is 46.4 Å². The number of halogens is 2. The molecule has 258 valence electrons. The van der Waals surface area contributed by atoms with Crippen molar-refractivity contribution in [2.75, 3.05) is 66.0 Å². The van der Waals surface area contributed by atoms with Crippen LogP contribution in [0.15, 0.2) is 11.9 Å². The zero-order chi connectivity index (χ0) is 32.2. The van der Waals surface area contributed by atoms with Gasteiger partial charge in [0.25, 0.3) is 0 Å². The first-order valence-corrected chi connectivity index (χ1v) is 18.7. The maximum Gasteiger partial charge on any atom is 0.227 e. The second kappa shape index (κ2) is 15.3. The smallest absolute Gasteiger partial charge is 0.227 e. The van der Waals surface area contributed by atoms with E-state index in [1.54, 1.807) is 10.4 Å². The molecule has 4 aliphatic heterocycles. The Bertz CT molecular complexity index is 1120. The fraction of sp³-hybridized carbons (Fsp3) is 0.903. The Balaban J connectivity index is 1.26. The SMILES string of the molecule is CN1CCC(S(=O)(=O)N2CCN(C3C(F)CNCC3NC(=O)C(C(N)N)C3CC4(CCC=C(F)CN3)CCCCC4)CC2)CC1. The lowest BCUT2D eigenvalue weighted by Crippen LogP contribution is -2.69. The molecule has 5 unspecified atom stereocenters. The number of amides is 1. The largest absolute Gasteiger partial charge is 0.350 e. The van der Waals surface area contributed by atoms with Crippen LogP contribution in [0.25, 0.3) is 0 Å². The zero-order valence-electron chi connectivity index (χ0n) is 26.9.